The van der Waals surface area contributed by atoms with Crippen LogP contribution in [0.1, 0.15) is 0 Å². The normalized spacial score (nSPS) is 18.4. The van der Waals surface area contributed by atoms with E-state index < -0.39 is 6.09 Å². The van der Waals surface area contributed by atoms with Gasteiger partial charge in [-0.05, 0) is 7.05 Å². The number of aliphatic hydroxyl groups is 1. The molecule has 1 aliphatic rings. The summed E-state index contributed by atoms with van der Waals surface area (Å²) in [5.41, 5.74) is 0. The molecule has 16 heavy (non-hydrogen) atoms. The maximum Gasteiger partial charge on any atom is 0.407 e. The van der Waals surface area contributed by atoms with Gasteiger partial charge in [0.2, 0.25) is 0 Å². The number of likely N-dealkylation sites (N-methyl/N-ethyl adjacent to an activating group) is 1. The minimum atomic E-state index is -0.455. The highest BCUT2D eigenvalue weighted by atomic mass is 16.6. The summed E-state index contributed by atoms with van der Waals surface area (Å²) in [6, 6.07) is 0. The molecule has 94 valence electrons. The number of ether oxygens (including phenoxy) is 1. The molecule has 1 amide bonds. The highest BCUT2D eigenvalue weighted by Crippen LogP contribution is 1.97. The van der Waals surface area contributed by atoms with Crippen LogP contribution in [0.2, 0.25) is 0 Å². The van der Waals surface area contributed by atoms with E-state index in [-0.39, 0.29) is 13.2 Å². The van der Waals surface area contributed by atoms with Crippen molar-refractivity contribution in [3.63, 3.8) is 0 Å². The van der Waals surface area contributed by atoms with E-state index in [9.17, 15) is 4.79 Å². The summed E-state index contributed by atoms with van der Waals surface area (Å²) in [4.78, 5) is 15.6. The van der Waals surface area contributed by atoms with Gasteiger partial charge in [0.05, 0.1) is 6.61 Å². The van der Waals surface area contributed by atoms with Crippen molar-refractivity contribution in [3.05, 3.63) is 0 Å². The van der Waals surface area contributed by atoms with Crippen LogP contribution in [0.25, 0.3) is 0 Å². The molecule has 1 rings (SSSR count). The molecule has 1 fully saturated rings. The number of carbonyl (C=O) groups excluding carboxylic acids is 1. The predicted octanol–water partition coefficient (Wildman–Crippen LogP) is -1.05. The van der Waals surface area contributed by atoms with Crippen molar-refractivity contribution in [1.82, 2.24) is 15.1 Å². The van der Waals surface area contributed by atoms with Crippen LogP contribution < -0.4 is 5.32 Å². The van der Waals surface area contributed by atoms with Crippen molar-refractivity contribution in [1.29, 1.82) is 0 Å². The Morgan fingerprint density at radius 3 is 2.69 bits per heavy atom. The number of nitrogens with zero attached hydrogens (tertiary/aromatic N) is 2. The number of amides is 1. The summed E-state index contributed by atoms with van der Waals surface area (Å²) in [6.45, 7) is 5.61. The lowest BCUT2D eigenvalue weighted by atomic mass is 10.3. The SMILES string of the molecule is CN1CCN(CCNC(=O)OCCO)CC1. The summed E-state index contributed by atoms with van der Waals surface area (Å²) in [5, 5.41) is 11.1. The molecule has 0 aromatic heterocycles. The third-order valence-electron chi connectivity index (χ3n) is 2.62. The summed E-state index contributed by atoms with van der Waals surface area (Å²) >= 11 is 0. The molecule has 0 atom stereocenters. The van der Waals surface area contributed by atoms with E-state index in [1.165, 1.54) is 0 Å². The van der Waals surface area contributed by atoms with Crippen LogP contribution in [0, 0.1) is 0 Å². The average molecular weight is 231 g/mol. The lowest BCUT2D eigenvalue weighted by Gasteiger charge is -2.32. The van der Waals surface area contributed by atoms with Crippen molar-refractivity contribution in [2.75, 3.05) is 59.5 Å². The molecule has 2 N–H and O–H groups in total. The maximum atomic E-state index is 11.0. The van der Waals surface area contributed by atoms with E-state index in [1.807, 2.05) is 0 Å². The van der Waals surface area contributed by atoms with Crippen LogP contribution in [-0.4, -0.2) is 80.5 Å². The van der Waals surface area contributed by atoms with E-state index in [4.69, 9.17) is 5.11 Å². The first-order valence-corrected chi connectivity index (χ1v) is 5.65. The second-order valence-corrected chi connectivity index (χ2v) is 3.93. The summed E-state index contributed by atoms with van der Waals surface area (Å²) in [6.07, 6.45) is -0.455. The minimum Gasteiger partial charge on any atom is -0.447 e. The molecular weight excluding hydrogens is 210 g/mol. The van der Waals surface area contributed by atoms with E-state index in [0.717, 1.165) is 32.7 Å². The van der Waals surface area contributed by atoms with Crippen LogP contribution in [-0.2, 0) is 4.74 Å². The molecule has 1 aliphatic heterocycles. The van der Waals surface area contributed by atoms with Gasteiger partial charge in [-0.3, -0.25) is 4.90 Å². The Hall–Kier alpha value is -0.850. The second-order valence-electron chi connectivity index (χ2n) is 3.93. The fourth-order valence-electron chi connectivity index (χ4n) is 1.58. The van der Waals surface area contributed by atoms with E-state index in [1.54, 1.807) is 0 Å². The van der Waals surface area contributed by atoms with E-state index >= 15 is 0 Å². The molecule has 0 radical (unpaired) electrons. The zero-order valence-electron chi connectivity index (χ0n) is 9.81. The molecule has 1 saturated heterocycles. The van der Waals surface area contributed by atoms with Gasteiger partial charge < -0.3 is 20.1 Å². The zero-order valence-corrected chi connectivity index (χ0v) is 9.81. The number of alkyl carbamates (subject to hydrolysis) is 1. The first-order valence-electron chi connectivity index (χ1n) is 5.65. The second kappa shape index (κ2) is 7.43. The van der Waals surface area contributed by atoms with Gasteiger partial charge in [0.25, 0.3) is 0 Å². The van der Waals surface area contributed by atoms with Gasteiger partial charge in [-0.2, -0.15) is 0 Å². The average Bonchev–Trinajstić information content (AvgIpc) is 2.29. The van der Waals surface area contributed by atoms with Gasteiger partial charge in [0, 0.05) is 39.3 Å². The number of carbonyl (C=O) groups is 1. The third-order valence-corrected chi connectivity index (χ3v) is 2.62. The van der Waals surface area contributed by atoms with Gasteiger partial charge in [0.1, 0.15) is 6.61 Å². The number of rotatable bonds is 5. The van der Waals surface area contributed by atoms with E-state index in [0.29, 0.717) is 6.54 Å². The summed E-state index contributed by atoms with van der Waals surface area (Å²) < 4.78 is 4.67. The first kappa shape index (κ1) is 13.2. The van der Waals surface area contributed by atoms with Crippen LogP contribution in [0.15, 0.2) is 0 Å². The Kier molecular flexibility index (Phi) is 6.14. The van der Waals surface area contributed by atoms with Gasteiger partial charge >= 0.3 is 6.09 Å². The Morgan fingerprint density at radius 1 is 1.38 bits per heavy atom. The van der Waals surface area contributed by atoms with Gasteiger partial charge in [0.15, 0.2) is 0 Å². The van der Waals surface area contributed by atoms with Crippen LogP contribution in [0.3, 0.4) is 0 Å². The van der Waals surface area contributed by atoms with Crippen molar-refractivity contribution in [2.24, 2.45) is 0 Å². The number of piperazine rings is 1. The molecule has 6 nitrogen and oxygen atoms in total. The van der Waals surface area contributed by atoms with Crippen molar-refractivity contribution in [2.45, 2.75) is 0 Å². The topological polar surface area (TPSA) is 65.0 Å². The quantitative estimate of drug-likeness (QED) is 0.632. The largest absolute Gasteiger partial charge is 0.447 e. The predicted molar refractivity (Wildman–Crippen MR) is 60.4 cm³/mol. The zero-order chi connectivity index (χ0) is 11.8. The maximum absolute atomic E-state index is 11.0. The number of hydrogen-bond acceptors (Lipinski definition) is 5. The van der Waals surface area contributed by atoms with Crippen molar-refractivity contribution >= 4 is 6.09 Å². The molecule has 0 aromatic carbocycles. The molecule has 0 aromatic rings. The Morgan fingerprint density at radius 2 is 2.06 bits per heavy atom. The van der Waals surface area contributed by atoms with Crippen LogP contribution in [0.5, 0.6) is 0 Å². The minimum absolute atomic E-state index is 0.0559. The molecule has 6 heteroatoms. The molecule has 0 aliphatic carbocycles. The monoisotopic (exact) mass is 231 g/mol. The van der Waals surface area contributed by atoms with Gasteiger partial charge in [-0.1, -0.05) is 0 Å². The molecule has 0 bridgehead atoms. The smallest absolute Gasteiger partial charge is 0.407 e. The Labute approximate surface area is 96.2 Å². The standard InChI is InChI=1S/C10H21N3O3/c1-12-4-6-13(7-5-12)3-2-11-10(15)16-9-8-14/h14H,2-9H2,1H3,(H,11,15). The Bertz CT molecular complexity index is 205. The van der Waals surface area contributed by atoms with Crippen LogP contribution in [0.4, 0.5) is 4.79 Å². The van der Waals surface area contributed by atoms with Crippen molar-refractivity contribution < 1.29 is 14.6 Å². The number of aliphatic hydroxyl groups excluding tert-OH is 1. The highest BCUT2D eigenvalue weighted by Gasteiger charge is 2.13. The fraction of sp³-hybridized carbons (Fsp3) is 0.900. The van der Waals surface area contributed by atoms with Gasteiger partial charge in [-0.15, -0.1) is 0 Å². The van der Waals surface area contributed by atoms with Gasteiger partial charge in [-0.25, -0.2) is 4.79 Å². The number of nitrogens with one attached hydrogen (secondary N) is 1. The molecule has 0 spiro atoms. The molecule has 0 unspecified atom stereocenters. The number of hydrogen-bond donors (Lipinski definition) is 2. The molecular formula is C10H21N3O3. The Balaban J connectivity index is 2.00. The lowest BCUT2D eigenvalue weighted by molar-refractivity contribution is 0.115. The molecule has 1 heterocycles. The third kappa shape index (κ3) is 5.29. The lowest BCUT2D eigenvalue weighted by Crippen LogP contribution is -2.47. The first-order chi connectivity index (χ1) is 7.72. The summed E-state index contributed by atoms with van der Waals surface area (Å²) in [7, 11) is 2.11. The van der Waals surface area contributed by atoms with Crippen molar-refractivity contribution in [3.8, 4) is 0 Å². The molecule has 0 saturated carbocycles. The van der Waals surface area contributed by atoms with E-state index in [2.05, 4.69) is 26.9 Å². The fourth-order valence-corrected chi connectivity index (χ4v) is 1.58. The highest BCUT2D eigenvalue weighted by molar-refractivity contribution is 5.67. The summed E-state index contributed by atoms with van der Waals surface area (Å²) in [5.74, 6) is 0. The van der Waals surface area contributed by atoms with Crippen LogP contribution >= 0.6 is 0 Å².